The molecule has 33 heavy (non-hydrogen) atoms. The lowest BCUT2D eigenvalue weighted by Gasteiger charge is -2.35. The van der Waals surface area contributed by atoms with Gasteiger partial charge in [-0.05, 0) is 30.7 Å². The van der Waals surface area contributed by atoms with E-state index in [-0.39, 0.29) is 18.5 Å². The van der Waals surface area contributed by atoms with E-state index in [1.807, 2.05) is 0 Å². The van der Waals surface area contributed by atoms with E-state index in [4.69, 9.17) is 15.1 Å². The topological polar surface area (TPSA) is 123 Å². The van der Waals surface area contributed by atoms with Crippen LogP contribution < -0.4 is 9.64 Å². The maximum absolute atomic E-state index is 12.9. The maximum Gasteiger partial charge on any atom is 0.319 e. The fraction of sp³-hybridized carbons (Fsp3) is 0.391. The molecule has 2 N–H and O–H groups in total. The van der Waals surface area contributed by atoms with E-state index in [1.165, 1.54) is 4.88 Å². The Labute approximate surface area is 195 Å². The zero-order valence-electron chi connectivity index (χ0n) is 18.3. The number of aliphatic hydroxyl groups is 2. The number of thiophene rings is 1. The van der Waals surface area contributed by atoms with Crippen LogP contribution in [0.1, 0.15) is 27.7 Å². The van der Waals surface area contributed by atoms with Crippen molar-refractivity contribution in [2.75, 3.05) is 44.3 Å². The second-order valence-electron chi connectivity index (χ2n) is 7.73. The summed E-state index contributed by atoms with van der Waals surface area (Å²) >= 11 is 1.58. The number of carbonyl (C=O) groups is 1. The third kappa shape index (κ3) is 5.06. The molecule has 0 unspecified atom stereocenters. The Balaban J connectivity index is 1.53. The van der Waals surface area contributed by atoms with Crippen molar-refractivity contribution in [1.82, 2.24) is 14.9 Å². The molecule has 0 radical (unpaired) electrons. The van der Waals surface area contributed by atoms with Gasteiger partial charge in [0, 0.05) is 36.6 Å². The number of rotatable bonds is 7. The largest absolute Gasteiger partial charge is 0.461 e. The van der Waals surface area contributed by atoms with Gasteiger partial charge in [0.05, 0.1) is 23.6 Å². The summed E-state index contributed by atoms with van der Waals surface area (Å²) in [5.74, 6) is 0.647. The summed E-state index contributed by atoms with van der Waals surface area (Å²) in [7, 11) is 0. The first-order valence-electron chi connectivity index (χ1n) is 10.8. The molecule has 1 fully saturated rings. The van der Waals surface area contributed by atoms with E-state index in [0.29, 0.717) is 37.3 Å². The molecule has 0 spiro atoms. The molecule has 0 saturated carbocycles. The Kier molecular flexibility index (Phi) is 7.03. The predicted molar refractivity (Wildman–Crippen MR) is 125 cm³/mol. The highest BCUT2D eigenvalue weighted by Crippen LogP contribution is 2.33. The smallest absolute Gasteiger partial charge is 0.319 e. The number of aryl methyl sites for hydroxylation is 1. The van der Waals surface area contributed by atoms with Crippen molar-refractivity contribution >= 4 is 33.3 Å². The molecule has 3 aromatic rings. The second-order valence-corrected chi connectivity index (χ2v) is 8.85. The monoisotopic (exact) mass is 467 g/mol. The molecular weight excluding hydrogens is 442 g/mol. The highest BCUT2D eigenvalue weighted by Gasteiger charge is 2.25. The minimum Gasteiger partial charge on any atom is -0.461 e. The summed E-state index contributed by atoms with van der Waals surface area (Å²) in [6.45, 7) is 3.80. The summed E-state index contributed by atoms with van der Waals surface area (Å²) in [6, 6.07) is 11.1. The number of aromatic nitrogens is 2. The van der Waals surface area contributed by atoms with Crippen LogP contribution in [-0.2, 0) is 6.42 Å². The number of amides is 1. The summed E-state index contributed by atoms with van der Waals surface area (Å²) in [4.78, 5) is 27.9. The highest BCUT2D eigenvalue weighted by molar-refractivity contribution is 7.18. The van der Waals surface area contributed by atoms with Gasteiger partial charge >= 0.3 is 6.01 Å². The van der Waals surface area contributed by atoms with Crippen LogP contribution >= 0.6 is 11.3 Å². The molecule has 9 nitrogen and oxygen atoms in total. The Hall–Kier alpha value is -3.26. The Bertz CT molecular complexity index is 1180. The van der Waals surface area contributed by atoms with E-state index >= 15 is 0 Å². The number of hydrogen-bond donors (Lipinski definition) is 2. The summed E-state index contributed by atoms with van der Waals surface area (Å²) in [5.41, 5.74) is 0.973. The Morgan fingerprint density at radius 3 is 2.76 bits per heavy atom. The second kappa shape index (κ2) is 10.1. The molecule has 0 aliphatic carbocycles. The third-order valence-corrected chi connectivity index (χ3v) is 6.65. The maximum atomic E-state index is 12.9. The van der Waals surface area contributed by atoms with E-state index in [1.54, 1.807) is 40.5 Å². The van der Waals surface area contributed by atoms with Crippen LogP contribution in [0.25, 0.3) is 10.2 Å². The lowest BCUT2D eigenvalue weighted by Crippen LogP contribution is -2.49. The van der Waals surface area contributed by atoms with E-state index in [9.17, 15) is 9.90 Å². The van der Waals surface area contributed by atoms with Crippen LogP contribution in [-0.4, -0.2) is 76.5 Å². The van der Waals surface area contributed by atoms with Crippen molar-refractivity contribution in [3.05, 3.63) is 46.3 Å². The number of hydrogen-bond acceptors (Lipinski definition) is 9. The third-order valence-electron chi connectivity index (χ3n) is 5.47. The van der Waals surface area contributed by atoms with Crippen molar-refractivity contribution in [3.63, 3.8) is 0 Å². The van der Waals surface area contributed by atoms with E-state index < -0.39 is 12.7 Å². The predicted octanol–water partition coefficient (Wildman–Crippen LogP) is 1.82. The standard InChI is InChI=1S/C23H25N5O4S/c1-2-18-11-19-20(25-23(26-21(19)33-18)32-14-17(30)13-29)27-6-8-28(9-7-27)22(31)16-5-3-4-15(10-16)12-24/h3-5,10-11,17,29-30H,2,6-9,13-14H2,1H3/t17-/m0/s1. The summed E-state index contributed by atoms with van der Waals surface area (Å²) in [5, 5.41) is 28.7. The number of ether oxygens (including phenoxy) is 1. The van der Waals surface area contributed by atoms with Gasteiger partial charge in [0.1, 0.15) is 23.4 Å². The minimum atomic E-state index is -1.00. The number of nitrogens with zero attached hydrogens (tertiary/aromatic N) is 5. The highest BCUT2D eigenvalue weighted by atomic mass is 32.1. The lowest BCUT2D eigenvalue weighted by atomic mass is 10.1. The molecule has 1 amide bonds. The number of benzene rings is 1. The van der Waals surface area contributed by atoms with Crippen LogP contribution in [0.5, 0.6) is 6.01 Å². The molecule has 4 rings (SSSR count). The lowest BCUT2D eigenvalue weighted by molar-refractivity contribution is 0.0506. The molecule has 2 aromatic heterocycles. The first-order valence-corrected chi connectivity index (χ1v) is 11.6. The van der Waals surface area contributed by atoms with Gasteiger partial charge in [-0.15, -0.1) is 11.3 Å². The Morgan fingerprint density at radius 1 is 1.27 bits per heavy atom. The van der Waals surface area contributed by atoms with Crippen molar-refractivity contribution in [3.8, 4) is 12.1 Å². The molecule has 172 valence electrons. The van der Waals surface area contributed by atoms with Crippen LogP contribution in [0.2, 0.25) is 0 Å². The van der Waals surface area contributed by atoms with Crippen molar-refractivity contribution < 1.29 is 19.7 Å². The summed E-state index contributed by atoms with van der Waals surface area (Å²) in [6.07, 6.45) is -0.124. The van der Waals surface area contributed by atoms with Crippen molar-refractivity contribution in [2.24, 2.45) is 0 Å². The molecular formula is C23H25N5O4S. The fourth-order valence-electron chi connectivity index (χ4n) is 3.67. The van der Waals surface area contributed by atoms with Crippen molar-refractivity contribution in [1.29, 1.82) is 5.26 Å². The molecule has 1 aliphatic rings. The van der Waals surface area contributed by atoms with Crippen LogP contribution in [0.3, 0.4) is 0 Å². The van der Waals surface area contributed by atoms with Gasteiger partial charge in [0.2, 0.25) is 0 Å². The quantitative estimate of drug-likeness (QED) is 0.539. The van der Waals surface area contributed by atoms with Gasteiger partial charge < -0.3 is 24.7 Å². The van der Waals surface area contributed by atoms with E-state index in [2.05, 4.69) is 33.9 Å². The van der Waals surface area contributed by atoms with Gasteiger partial charge in [-0.25, -0.2) is 0 Å². The van der Waals surface area contributed by atoms with E-state index in [0.717, 1.165) is 22.5 Å². The zero-order chi connectivity index (χ0) is 23.4. The van der Waals surface area contributed by atoms with Crippen LogP contribution in [0.4, 0.5) is 5.82 Å². The number of fused-ring (bicyclic) bond motifs is 1. The first-order chi connectivity index (χ1) is 16.0. The van der Waals surface area contributed by atoms with Gasteiger partial charge in [-0.3, -0.25) is 4.79 Å². The number of nitriles is 1. The van der Waals surface area contributed by atoms with Gasteiger partial charge in [-0.2, -0.15) is 15.2 Å². The molecule has 10 heteroatoms. The zero-order valence-corrected chi connectivity index (χ0v) is 19.1. The number of piperazine rings is 1. The van der Waals surface area contributed by atoms with Crippen LogP contribution in [0, 0.1) is 11.3 Å². The SMILES string of the molecule is CCc1cc2c(N3CCN(C(=O)c4cccc(C#N)c4)CC3)nc(OC[C@@H](O)CO)nc2s1. The normalized spacial score (nSPS) is 14.8. The fourth-order valence-corrected chi connectivity index (χ4v) is 4.62. The van der Waals surface area contributed by atoms with Gasteiger partial charge in [0.15, 0.2) is 0 Å². The first kappa shape index (κ1) is 22.9. The minimum absolute atomic E-state index is 0.0922. The van der Waals surface area contributed by atoms with Crippen molar-refractivity contribution in [2.45, 2.75) is 19.4 Å². The molecule has 0 bridgehead atoms. The Morgan fingerprint density at radius 2 is 2.06 bits per heavy atom. The molecule has 3 heterocycles. The average molecular weight is 468 g/mol. The van der Waals surface area contributed by atoms with Gasteiger partial charge in [-0.1, -0.05) is 13.0 Å². The molecule has 1 aromatic carbocycles. The molecule has 1 atom stereocenters. The molecule has 1 saturated heterocycles. The average Bonchev–Trinajstić information content (AvgIpc) is 3.29. The number of aliphatic hydroxyl groups excluding tert-OH is 2. The van der Waals surface area contributed by atoms with Gasteiger partial charge in [0.25, 0.3) is 5.91 Å². The summed E-state index contributed by atoms with van der Waals surface area (Å²) < 4.78 is 5.54. The molecule has 1 aliphatic heterocycles. The van der Waals surface area contributed by atoms with Crippen LogP contribution in [0.15, 0.2) is 30.3 Å². The number of anilines is 1. The number of carbonyl (C=O) groups excluding carboxylic acids is 1.